The Morgan fingerprint density at radius 3 is 2.94 bits per heavy atom. The Morgan fingerprint density at radius 2 is 2.33 bits per heavy atom. The highest BCUT2D eigenvalue weighted by molar-refractivity contribution is 5.98. The van der Waals surface area contributed by atoms with Crippen LogP contribution in [0.15, 0.2) is 18.2 Å². The molecule has 0 spiro atoms. The van der Waals surface area contributed by atoms with Crippen molar-refractivity contribution in [2.45, 2.75) is 12.5 Å². The number of anilines is 1. The van der Waals surface area contributed by atoms with Crippen LogP contribution in [-0.2, 0) is 4.79 Å². The summed E-state index contributed by atoms with van der Waals surface area (Å²) in [6.45, 7) is 0.460. The van der Waals surface area contributed by atoms with Crippen molar-refractivity contribution < 1.29 is 14.3 Å². The molecule has 1 atom stereocenters. The Bertz CT molecular complexity index is 487. The van der Waals surface area contributed by atoms with Gasteiger partial charge in [0, 0.05) is 24.7 Å². The molecule has 4 N–H and O–H groups in total. The van der Waals surface area contributed by atoms with Gasteiger partial charge in [-0.15, -0.1) is 0 Å². The Hall–Kier alpha value is -2.24. The van der Waals surface area contributed by atoms with Crippen LogP contribution in [0.25, 0.3) is 0 Å². The third-order valence-electron chi connectivity index (χ3n) is 2.78. The van der Waals surface area contributed by atoms with Crippen LogP contribution in [0.1, 0.15) is 16.8 Å². The first kappa shape index (κ1) is 12.2. The standard InChI is InChI=1S/C12H15N3O3/c1-18-10-4-7(13)2-3-9(10)12(17)15-8-5-11(16)14-6-8/h2-4,8H,5-6,13H2,1H3,(H,14,16)(H,15,17). The van der Waals surface area contributed by atoms with Crippen LogP contribution in [0.5, 0.6) is 5.75 Å². The van der Waals surface area contributed by atoms with Crippen LogP contribution >= 0.6 is 0 Å². The summed E-state index contributed by atoms with van der Waals surface area (Å²) in [6.07, 6.45) is 0.309. The second-order valence-corrected chi connectivity index (χ2v) is 4.14. The van der Waals surface area contributed by atoms with Crippen molar-refractivity contribution in [2.24, 2.45) is 0 Å². The van der Waals surface area contributed by atoms with Crippen molar-refractivity contribution in [3.63, 3.8) is 0 Å². The predicted molar refractivity (Wildman–Crippen MR) is 66.3 cm³/mol. The van der Waals surface area contributed by atoms with Gasteiger partial charge >= 0.3 is 0 Å². The summed E-state index contributed by atoms with van der Waals surface area (Å²) in [6, 6.07) is 4.66. The van der Waals surface area contributed by atoms with Crippen molar-refractivity contribution in [3.05, 3.63) is 23.8 Å². The van der Waals surface area contributed by atoms with E-state index in [-0.39, 0.29) is 17.9 Å². The van der Waals surface area contributed by atoms with Gasteiger partial charge in [-0.2, -0.15) is 0 Å². The number of nitrogens with one attached hydrogen (secondary N) is 2. The lowest BCUT2D eigenvalue weighted by molar-refractivity contribution is -0.119. The Labute approximate surface area is 104 Å². The highest BCUT2D eigenvalue weighted by Gasteiger charge is 2.24. The molecule has 2 amide bonds. The van der Waals surface area contributed by atoms with E-state index in [0.29, 0.717) is 30.0 Å². The Morgan fingerprint density at radius 1 is 1.56 bits per heavy atom. The summed E-state index contributed by atoms with van der Waals surface area (Å²) in [7, 11) is 1.48. The zero-order valence-electron chi connectivity index (χ0n) is 10.0. The van der Waals surface area contributed by atoms with E-state index in [1.165, 1.54) is 7.11 Å². The summed E-state index contributed by atoms with van der Waals surface area (Å²) >= 11 is 0. The molecule has 0 aliphatic carbocycles. The van der Waals surface area contributed by atoms with Crippen LogP contribution in [-0.4, -0.2) is 31.5 Å². The molecule has 1 fully saturated rings. The summed E-state index contributed by atoms with van der Waals surface area (Å²) in [4.78, 5) is 23.1. The molecule has 0 bridgehead atoms. The molecule has 1 heterocycles. The van der Waals surface area contributed by atoms with Gasteiger partial charge in [0.25, 0.3) is 5.91 Å². The average molecular weight is 249 g/mol. The van der Waals surface area contributed by atoms with Crippen molar-refractivity contribution in [3.8, 4) is 5.75 Å². The number of benzene rings is 1. The number of carbonyl (C=O) groups excluding carboxylic acids is 2. The number of amides is 2. The van der Waals surface area contributed by atoms with E-state index < -0.39 is 0 Å². The molecule has 1 aromatic carbocycles. The van der Waals surface area contributed by atoms with Gasteiger partial charge in [0.05, 0.1) is 18.7 Å². The first-order valence-electron chi connectivity index (χ1n) is 5.61. The van der Waals surface area contributed by atoms with E-state index >= 15 is 0 Å². The smallest absolute Gasteiger partial charge is 0.255 e. The molecule has 6 heteroatoms. The highest BCUT2D eigenvalue weighted by atomic mass is 16.5. The molecule has 1 aliphatic heterocycles. The van der Waals surface area contributed by atoms with Gasteiger partial charge in [0.2, 0.25) is 5.91 Å². The molecule has 1 unspecified atom stereocenters. The number of ether oxygens (including phenoxy) is 1. The summed E-state index contributed by atoms with van der Waals surface area (Å²) in [5.41, 5.74) is 6.56. The third kappa shape index (κ3) is 2.53. The third-order valence-corrected chi connectivity index (χ3v) is 2.78. The maximum Gasteiger partial charge on any atom is 0.255 e. The lowest BCUT2D eigenvalue weighted by Crippen LogP contribution is -2.36. The van der Waals surface area contributed by atoms with Crippen LogP contribution < -0.4 is 21.1 Å². The van der Waals surface area contributed by atoms with E-state index in [2.05, 4.69) is 10.6 Å². The van der Waals surface area contributed by atoms with E-state index in [0.717, 1.165) is 0 Å². The normalized spacial score (nSPS) is 18.3. The lowest BCUT2D eigenvalue weighted by atomic mass is 10.1. The van der Waals surface area contributed by atoms with Gasteiger partial charge in [-0.3, -0.25) is 9.59 Å². The van der Waals surface area contributed by atoms with E-state index in [4.69, 9.17) is 10.5 Å². The topological polar surface area (TPSA) is 93.4 Å². The fraction of sp³-hybridized carbons (Fsp3) is 0.333. The van der Waals surface area contributed by atoms with Crippen molar-refractivity contribution >= 4 is 17.5 Å². The van der Waals surface area contributed by atoms with Gasteiger partial charge in [-0.25, -0.2) is 0 Å². The van der Waals surface area contributed by atoms with Gasteiger partial charge < -0.3 is 21.1 Å². The average Bonchev–Trinajstić information content (AvgIpc) is 2.74. The quantitative estimate of drug-likeness (QED) is 0.652. The Kier molecular flexibility index (Phi) is 3.36. The Balaban J connectivity index is 2.11. The van der Waals surface area contributed by atoms with Crippen LogP contribution in [0.2, 0.25) is 0 Å². The molecule has 2 rings (SSSR count). The lowest BCUT2D eigenvalue weighted by Gasteiger charge is -2.13. The van der Waals surface area contributed by atoms with E-state index in [1.807, 2.05) is 0 Å². The van der Waals surface area contributed by atoms with Crippen molar-refractivity contribution in [1.82, 2.24) is 10.6 Å². The second kappa shape index (κ2) is 4.95. The number of carbonyl (C=O) groups is 2. The minimum absolute atomic E-state index is 0.0513. The zero-order valence-corrected chi connectivity index (χ0v) is 10.0. The van der Waals surface area contributed by atoms with E-state index in [9.17, 15) is 9.59 Å². The first-order valence-corrected chi connectivity index (χ1v) is 5.61. The fourth-order valence-corrected chi connectivity index (χ4v) is 1.87. The first-order chi connectivity index (χ1) is 8.60. The number of hydrogen-bond donors (Lipinski definition) is 3. The van der Waals surface area contributed by atoms with Crippen molar-refractivity contribution in [1.29, 1.82) is 0 Å². The molecule has 18 heavy (non-hydrogen) atoms. The van der Waals surface area contributed by atoms with Crippen molar-refractivity contribution in [2.75, 3.05) is 19.4 Å². The highest BCUT2D eigenvalue weighted by Crippen LogP contribution is 2.21. The molecule has 0 radical (unpaired) electrons. The number of rotatable bonds is 3. The van der Waals surface area contributed by atoms with Crippen LogP contribution in [0.3, 0.4) is 0 Å². The molecular formula is C12H15N3O3. The molecular weight excluding hydrogens is 234 g/mol. The minimum atomic E-state index is -0.270. The maximum atomic E-state index is 12.0. The number of nitrogen functional groups attached to an aromatic ring is 1. The minimum Gasteiger partial charge on any atom is -0.496 e. The molecule has 1 aromatic rings. The maximum absolute atomic E-state index is 12.0. The van der Waals surface area contributed by atoms with Gasteiger partial charge in [-0.1, -0.05) is 0 Å². The summed E-state index contributed by atoms with van der Waals surface area (Å²) in [5.74, 6) is 0.0997. The number of methoxy groups -OCH3 is 1. The summed E-state index contributed by atoms with van der Waals surface area (Å²) < 4.78 is 5.11. The summed E-state index contributed by atoms with van der Waals surface area (Å²) in [5, 5.41) is 5.44. The fourth-order valence-electron chi connectivity index (χ4n) is 1.87. The molecule has 1 saturated heterocycles. The molecule has 0 aromatic heterocycles. The number of nitrogens with two attached hydrogens (primary N) is 1. The molecule has 0 saturated carbocycles. The largest absolute Gasteiger partial charge is 0.496 e. The zero-order chi connectivity index (χ0) is 13.1. The van der Waals surface area contributed by atoms with Crippen LogP contribution in [0, 0.1) is 0 Å². The number of hydrogen-bond acceptors (Lipinski definition) is 4. The van der Waals surface area contributed by atoms with Gasteiger partial charge in [-0.05, 0) is 12.1 Å². The predicted octanol–water partition coefficient (Wildman–Crippen LogP) is -0.104. The van der Waals surface area contributed by atoms with Gasteiger partial charge in [0.15, 0.2) is 0 Å². The molecule has 96 valence electrons. The van der Waals surface area contributed by atoms with Crippen LogP contribution in [0.4, 0.5) is 5.69 Å². The van der Waals surface area contributed by atoms with Gasteiger partial charge in [0.1, 0.15) is 5.75 Å². The second-order valence-electron chi connectivity index (χ2n) is 4.14. The molecule has 6 nitrogen and oxygen atoms in total. The monoisotopic (exact) mass is 249 g/mol. The SMILES string of the molecule is COc1cc(N)ccc1C(=O)NC1CNC(=O)C1. The van der Waals surface area contributed by atoms with E-state index in [1.54, 1.807) is 18.2 Å². The molecule has 1 aliphatic rings.